The Balaban J connectivity index is 2.77. The van der Waals surface area contributed by atoms with Gasteiger partial charge in [0.2, 0.25) is 0 Å². The fourth-order valence-corrected chi connectivity index (χ4v) is 1.55. The van der Waals surface area contributed by atoms with Gasteiger partial charge in [-0.1, -0.05) is 29.3 Å². The summed E-state index contributed by atoms with van der Waals surface area (Å²) in [5, 5.41) is 9.88. The van der Waals surface area contributed by atoms with Crippen molar-refractivity contribution >= 4 is 23.2 Å². The number of benzene rings is 1. The van der Waals surface area contributed by atoms with Crippen LogP contribution in [0.2, 0.25) is 10.0 Å². The quantitative estimate of drug-likeness (QED) is 0.767. The average molecular weight is 220 g/mol. The normalized spacial score (nSPS) is 12.9. The number of halogens is 2. The number of hydrogen-bond donors (Lipinski definition) is 2. The molecule has 0 aliphatic carbocycles. The van der Waals surface area contributed by atoms with Gasteiger partial charge in [-0.05, 0) is 31.0 Å². The lowest BCUT2D eigenvalue weighted by Crippen LogP contribution is -2.24. The van der Waals surface area contributed by atoms with Gasteiger partial charge in [-0.3, -0.25) is 0 Å². The maximum atomic E-state index is 8.62. The molecule has 2 N–H and O–H groups in total. The minimum atomic E-state index is -0.0151. The first-order valence-corrected chi connectivity index (χ1v) is 4.72. The second-order valence-electron chi connectivity index (χ2n) is 2.97. The highest BCUT2D eigenvalue weighted by atomic mass is 35.5. The van der Waals surface area contributed by atoms with Gasteiger partial charge < -0.3 is 5.21 Å². The summed E-state index contributed by atoms with van der Waals surface area (Å²) in [7, 11) is 0. The molecule has 0 fully saturated rings. The molecule has 4 heteroatoms. The summed E-state index contributed by atoms with van der Waals surface area (Å²) in [5.74, 6) is 0. The molecule has 0 saturated heterocycles. The van der Waals surface area contributed by atoms with E-state index < -0.39 is 0 Å². The summed E-state index contributed by atoms with van der Waals surface area (Å²) in [6, 6.07) is 5.33. The summed E-state index contributed by atoms with van der Waals surface area (Å²) >= 11 is 11.7. The van der Waals surface area contributed by atoms with E-state index in [9.17, 15) is 0 Å². The van der Waals surface area contributed by atoms with Crippen molar-refractivity contribution in [2.75, 3.05) is 0 Å². The Labute approximate surface area is 87.4 Å². The maximum absolute atomic E-state index is 8.62. The van der Waals surface area contributed by atoms with E-state index in [0.717, 1.165) is 5.56 Å². The van der Waals surface area contributed by atoms with E-state index in [1.54, 1.807) is 12.1 Å². The average Bonchev–Trinajstić information content (AvgIpc) is 2.09. The molecule has 0 amide bonds. The third kappa shape index (κ3) is 3.16. The lowest BCUT2D eigenvalue weighted by atomic mass is 10.1. The second-order valence-corrected chi connectivity index (χ2v) is 3.81. The van der Waals surface area contributed by atoms with Crippen molar-refractivity contribution in [3.8, 4) is 0 Å². The number of nitrogens with one attached hydrogen (secondary N) is 1. The van der Waals surface area contributed by atoms with E-state index in [4.69, 9.17) is 28.4 Å². The van der Waals surface area contributed by atoms with Crippen LogP contribution in [-0.2, 0) is 6.42 Å². The lowest BCUT2D eigenvalue weighted by Gasteiger charge is -2.10. The minimum absolute atomic E-state index is 0.0151. The third-order valence-corrected chi connectivity index (χ3v) is 2.35. The summed E-state index contributed by atoms with van der Waals surface area (Å²) in [5.41, 5.74) is 3.14. The van der Waals surface area contributed by atoms with Crippen molar-refractivity contribution in [3.05, 3.63) is 33.8 Å². The molecule has 1 aromatic rings. The van der Waals surface area contributed by atoms with Crippen LogP contribution in [0, 0.1) is 0 Å². The smallest absolute Gasteiger partial charge is 0.0453 e. The van der Waals surface area contributed by atoms with Crippen molar-refractivity contribution < 1.29 is 5.21 Å². The van der Waals surface area contributed by atoms with Gasteiger partial charge in [-0.2, -0.15) is 0 Å². The fourth-order valence-electron chi connectivity index (χ4n) is 1.06. The van der Waals surface area contributed by atoms with Gasteiger partial charge in [0.25, 0.3) is 0 Å². The lowest BCUT2D eigenvalue weighted by molar-refractivity contribution is 0.133. The largest absolute Gasteiger partial charge is 0.317 e. The molecular formula is C9H11Cl2NO. The summed E-state index contributed by atoms with van der Waals surface area (Å²) < 4.78 is 0. The predicted molar refractivity (Wildman–Crippen MR) is 54.6 cm³/mol. The first kappa shape index (κ1) is 10.8. The summed E-state index contributed by atoms with van der Waals surface area (Å²) in [6.07, 6.45) is 0.673. The molecule has 0 heterocycles. The van der Waals surface area contributed by atoms with Gasteiger partial charge in [0, 0.05) is 16.1 Å². The van der Waals surface area contributed by atoms with Gasteiger partial charge in [0.05, 0.1) is 0 Å². The molecule has 1 atom stereocenters. The van der Waals surface area contributed by atoms with E-state index in [0.29, 0.717) is 16.5 Å². The molecule has 0 saturated carbocycles. The Kier molecular flexibility index (Phi) is 4.00. The Hall–Kier alpha value is -0.280. The van der Waals surface area contributed by atoms with Gasteiger partial charge in [-0.15, -0.1) is 0 Å². The van der Waals surface area contributed by atoms with E-state index in [1.165, 1.54) is 0 Å². The molecule has 0 spiro atoms. The third-order valence-electron chi connectivity index (χ3n) is 1.76. The monoisotopic (exact) mass is 219 g/mol. The standard InChI is InChI=1S/C9H11Cl2NO/c1-6(12-13)4-7-2-3-8(10)5-9(7)11/h2-3,5-6,12-13H,4H2,1H3. The first-order chi connectivity index (χ1) is 6.13. The van der Waals surface area contributed by atoms with E-state index in [2.05, 4.69) is 5.48 Å². The molecule has 0 radical (unpaired) electrons. The molecule has 0 bridgehead atoms. The van der Waals surface area contributed by atoms with Crippen LogP contribution in [0.25, 0.3) is 0 Å². The molecule has 0 aliphatic rings. The Bertz CT molecular complexity index is 291. The van der Waals surface area contributed by atoms with E-state index in [1.807, 2.05) is 13.0 Å². The van der Waals surface area contributed by atoms with Gasteiger partial charge >= 0.3 is 0 Å². The molecule has 13 heavy (non-hydrogen) atoms. The first-order valence-electron chi connectivity index (χ1n) is 3.97. The Morgan fingerprint density at radius 1 is 1.46 bits per heavy atom. The molecule has 1 unspecified atom stereocenters. The number of rotatable bonds is 3. The van der Waals surface area contributed by atoms with E-state index >= 15 is 0 Å². The molecule has 1 rings (SSSR count). The molecule has 0 aromatic heterocycles. The van der Waals surface area contributed by atoms with Crippen LogP contribution < -0.4 is 5.48 Å². The second kappa shape index (κ2) is 4.82. The Morgan fingerprint density at radius 3 is 2.69 bits per heavy atom. The van der Waals surface area contributed by atoms with Crippen molar-refractivity contribution in [2.45, 2.75) is 19.4 Å². The van der Waals surface area contributed by atoms with E-state index in [-0.39, 0.29) is 6.04 Å². The van der Waals surface area contributed by atoms with Crippen molar-refractivity contribution in [2.24, 2.45) is 0 Å². The zero-order valence-corrected chi connectivity index (χ0v) is 8.73. The Morgan fingerprint density at radius 2 is 2.15 bits per heavy atom. The summed E-state index contributed by atoms with van der Waals surface area (Å²) in [6.45, 7) is 1.87. The van der Waals surface area contributed by atoms with Crippen LogP contribution in [0.4, 0.5) is 0 Å². The van der Waals surface area contributed by atoms with Gasteiger partial charge in [0.15, 0.2) is 0 Å². The summed E-state index contributed by atoms with van der Waals surface area (Å²) in [4.78, 5) is 0. The number of hydroxylamine groups is 1. The highest BCUT2D eigenvalue weighted by molar-refractivity contribution is 6.35. The van der Waals surface area contributed by atoms with Crippen LogP contribution in [0.15, 0.2) is 18.2 Å². The van der Waals surface area contributed by atoms with Crippen LogP contribution in [0.5, 0.6) is 0 Å². The SMILES string of the molecule is CC(Cc1ccc(Cl)cc1Cl)NO. The van der Waals surface area contributed by atoms with Gasteiger partial charge in [-0.25, -0.2) is 5.48 Å². The van der Waals surface area contributed by atoms with Crippen molar-refractivity contribution in [3.63, 3.8) is 0 Å². The highest BCUT2D eigenvalue weighted by Gasteiger charge is 2.05. The van der Waals surface area contributed by atoms with Crippen LogP contribution in [0.1, 0.15) is 12.5 Å². The van der Waals surface area contributed by atoms with Crippen molar-refractivity contribution in [1.82, 2.24) is 5.48 Å². The predicted octanol–water partition coefficient (Wildman–Crippen LogP) is 2.90. The van der Waals surface area contributed by atoms with Crippen LogP contribution in [0.3, 0.4) is 0 Å². The van der Waals surface area contributed by atoms with Crippen molar-refractivity contribution in [1.29, 1.82) is 0 Å². The maximum Gasteiger partial charge on any atom is 0.0453 e. The van der Waals surface area contributed by atoms with Crippen LogP contribution in [-0.4, -0.2) is 11.2 Å². The van der Waals surface area contributed by atoms with Gasteiger partial charge in [0.1, 0.15) is 0 Å². The molecule has 1 aromatic carbocycles. The topological polar surface area (TPSA) is 32.3 Å². The zero-order valence-electron chi connectivity index (χ0n) is 7.22. The molecule has 72 valence electrons. The van der Waals surface area contributed by atoms with Crippen LogP contribution >= 0.6 is 23.2 Å². The minimum Gasteiger partial charge on any atom is -0.317 e. The molecular weight excluding hydrogens is 209 g/mol. The fraction of sp³-hybridized carbons (Fsp3) is 0.333. The highest BCUT2D eigenvalue weighted by Crippen LogP contribution is 2.21. The zero-order chi connectivity index (χ0) is 9.84. The number of hydrogen-bond acceptors (Lipinski definition) is 2. The molecule has 0 aliphatic heterocycles. The molecule has 2 nitrogen and oxygen atoms in total.